The van der Waals surface area contributed by atoms with E-state index in [2.05, 4.69) is 16.0 Å². The fraction of sp³-hybridized carbons (Fsp3) is 0.778. The van der Waals surface area contributed by atoms with Gasteiger partial charge in [-0.05, 0) is 42.8 Å². The zero-order valence-electron chi connectivity index (χ0n) is 17.8. The third-order valence-electron chi connectivity index (χ3n) is 4.26. The molecule has 7 N–H and O–H groups in total. The molecule has 0 aromatic carbocycles. The van der Waals surface area contributed by atoms with Gasteiger partial charge in [-0.15, -0.1) is 0 Å². The molecule has 0 radical (unpaired) electrons. The van der Waals surface area contributed by atoms with Crippen LogP contribution >= 0.6 is 23.5 Å². The van der Waals surface area contributed by atoms with Crippen molar-refractivity contribution in [2.45, 2.75) is 50.9 Å². The van der Waals surface area contributed by atoms with Crippen molar-refractivity contribution < 1.29 is 29.4 Å². The number of hydrogen-bond acceptors (Lipinski definition) is 8. The second kappa shape index (κ2) is 15.3. The zero-order valence-corrected chi connectivity index (χ0v) is 19.5. The lowest BCUT2D eigenvalue weighted by Crippen LogP contribution is -2.59. The predicted octanol–water partition coefficient (Wildman–Crippen LogP) is -0.993. The lowest BCUT2D eigenvalue weighted by atomic mass is 10.0. The first-order valence-electron chi connectivity index (χ1n) is 9.57. The molecule has 4 unspecified atom stereocenters. The fourth-order valence-electron chi connectivity index (χ4n) is 2.39. The Morgan fingerprint density at radius 3 is 1.87 bits per heavy atom. The molecule has 0 bridgehead atoms. The molecular weight excluding hydrogens is 432 g/mol. The molecule has 0 heterocycles. The highest BCUT2D eigenvalue weighted by Gasteiger charge is 2.31. The topological polar surface area (TPSA) is 171 Å². The average Bonchev–Trinajstić information content (AvgIpc) is 2.70. The largest absolute Gasteiger partial charge is 0.480 e. The molecule has 0 rings (SSSR count). The van der Waals surface area contributed by atoms with Gasteiger partial charge in [-0.25, -0.2) is 4.79 Å². The third kappa shape index (κ3) is 10.5. The van der Waals surface area contributed by atoms with Crippen molar-refractivity contribution in [1.82, 2.24) is 16.0 Å². The van der Waals surface area contributed by atoms with Crippen LogP contribution in [0.5, 0.6) is 0 Å². The van der Waals surface area contributed by atoms with Gasteiger partial charge in [-0.3, -0.25) is 14.4 Å². The minimum Gasteiger partial charge on any atom is -0.480 e. The van der Waals surface area contributed by atoms with E-state index < -0.39 is 54.5 Å². The number of nitrogens with two attached hydrogens (primary N) is 1. The molecular formula is C18H34N4O6S2. The Balaban J connectivity index is 5.06. The molecule has 0 saturated carbocycles. The van der Waals surface area contributed by atoms with E-state index in [0.717, 1.165) is 0 Å². The molecule has 0 aliphatic rings. The standard InChI is InChI=1S/C18H34N4O6S2/c1-10(2)14(22-15(24)11(19)5-7-29-3)17(26)21-13(9-23)16(25)20-12(18(27)28)6-8-30-4/h10-14,23H,5-9,19H2,1-4H3,(H,20,25)(H,21,26)(H,22,24)(H,27,28). The van der Waals surface area contributed by atoms with E-state index in [-0.39, 0.29) is 12.3 Å². The molecule has 10 nitrogen and oxygen atoms in total. The Bertz CT molecular complexity index is 579. The molecule has 3 amide bonds. The summed E-state index contributed by atoms with van der Waals surface area (Å²) in [7, 11) is 0. The number of carbonyl (C=O) groups excluding carboxylic acids is 3. The van der Waals surface area contributed by atoms with Crippen LogP contribution in [0.15, 0.2) is 0 Å². The quantitative estimate of drug-likeness (QED) is 0.177. The number of thioether (sulfide) groups is 2. The summed E-state index contributed by atoms with van der Waals surface area (Å²) in [6, 6.07) is -4.22. The SMILES string of the molecule is CSCCC(N)C(=O)NC(C(=O)NC(CO)C(=O)NC(CCSC)C(=O)O)C(C)C. The summed E-state index contributed by atoms with van der Waals surface area (Å²) in [4.78, 5) is 48.6. The number of aliphatic carboxylic acids is 1. The molecule has 0 aromatic rings. The Hall–Kier alpha value is -1.50. The Morgan fingerprint density at radius 1 is 0.867 bits per heavy atom. The highest BCUT2D eigenvalue weighted by molar-refractivity contribution is 7.98. The third-order valence-corrected chi connectivity index (χ3v) is 5.55. The van der Waals surface area contributed by atoms with Crippen LogP contribution in [0.1, 0.15) is 26.7 Å². The van der Waals surface area contributed by atoms with Crippen molar-refractivity contribution in [3.05, 3.63) is 0 Å². The number of aliphatic hydroxyl groups is 1. The Morgan fingerprint density at radius 2 is 1.40 bits per heavy atom. The summed E-state index contributed by atoms with van der Waals surface area (Å²) in [6.45, 7) is 2.71. The van der Waals surface area contributed by atoms with Gasteiger partial charge in [0.25, 0.3) is 0 Å². The fourth-order valence-corrected chi connectivity index (χ4v) is 3.35. The molecule has 12 heteroatoms. The Kier molecular flexibility index (Phi) is 14.6. The summed E-state index contributed by atoms with van der Waals surface area (Å²) < 4.78 is 0. The van der Waals surface area contributed by atoms with Gasteiger partial charge in [0.2, 0.25) is 17.7 Å². The molecule has 0 saturated heterocycles. The van der Waals surface area contributed by atoms with Gasteiger partial charge in [0.05, 0.1) is 12.6 Å². The molecule has 0 aromatic heterocycles. The summed E-state index contributed by atoms with van der Waals surface area (Å²) in [6.07, 6.45) is 4.36. The van der Waals surface area contributed by atoms with Crippen molar-refractivity contribution in [2.24, 2.45) is 11.7 Å². The highest BCUT2D eigenvalue weighted by atomic mass is 32.2. The van der Waals surface area contributed by atoms with Crippen LogP contribution < -0.4 is 21.7 Å². The van der Waals surface area contributed by atoms with Crippen LogP contribution in [0.3, 0.4) is 0 Å². The summed E-state index contributed by atoms with van der Waals surface area (Å²) in [5.74, 6) is -2.26. The predicted molar refractivity (Wildman–Crippen MR) is 119 cm³/mol. The van der Waals surface area contributed by atoms with Crippen molar-refractivity contribution in [3.8, 4) is 0 Å². The number of nitrogens with one attached hydrogen (secondary N) is 3. The number of amides is 3. The van der Waals surface area contributed by atoms with Crippen LogP contribution in [-0.4, -0.2) is 88.7 Å². The molecule has 0 aliphatic carbocycles. The van der Waals surface area contributed by atoms with Gasteiger partial charge in [0, 0.05) is 0 Å². The van der Waals surface area contributed by atoms with Crippen molar-refractivity contribution >= 4 is 47.2 Å². The monoisotopic (exact) mass is 466 g/mol. The maximum absolute atomic E-state index is 12.6. The van der Waals surface area contributed by atoms with Gasteiger partial charge < -0.3 is 31.9 Å². The summed E-state index contributed by atoms with van der Waals surface area (Å²) >= 11 is 2.98. The summed E-state index contributed by atoms with van der Waals surface area (Å²) in [5, 5.41) is 26.0. The van der Waals surface area contributed by atoms with E-state index in [9.17, 15) is 29.4 Å². The number of carboxylic acid groups (broad SMARTS) is 1. The van der Waals surface area contributed by atoms with Crippen LogP contribution in [0.25, 0.3) is 0 Å². The maximum atomic E-state index is 12.6. The number of carboxylic acids is 1. The van der Waals surface area contributed by atoms with Gasteiger partial charge in [-0.2, -0.15) is 23.5 Å². The van der Waals surface area contributed by atoms with E-state index in [0.29, 0.717) is 17.9 Å². The van der Waals surface area contributed by atoms with E-state index in [1.165, 1.54) is 11.8 Å². The second-order valence-electron chi connectivity index (χ2n) is 7.04. The lowest BCUT2D eigenvalue weighted by molar-refractivity contribution is -0.142. The maximum Gasteiger partial charge on any atom is 0.326 e. The van der Waals surface area contributed by atoms with E-state index in [1.807, 2.05) is 12.5 Å². The van der Waals surface area contributed by atoms with Gasteiger partial charge >= 0.3 is 5.97 Å². The first-order valence-corrected chi connectivity index (χ1v) is 12.4. The van der Waals surface area contributed by atoms with Crippen LogP contribution in [0.2, 0.25) is 0 Å². The molecule has 0 aliphatic heterocycles. The second-order valence-corrected chi connectivity index (χ2v) is 9.01. The number of carbonyl (C=O) groups is 4. The van der Waals surface area contributed by atoms with Gasteiger partial charge in [0.15, 0.2) is 0 Å². The molecule has 0 spiro atoms. The number of rotatable bonds is 15. The molecule has 174 valence electrons. The van der Waals surface area contributed by atoms with Crippen molar-refractivity contribution in [1.29, 1.82) is 0 Å². The molecule has 0 fully saturated rings. The first kappa shape index (κ1) is 28.5. The van der Waals surface area contributed by atoms with Crippen LogP contribution in [0, 0.1) is 5.92 Å². The average molecular weight is 467 g/mol. The molecule has 4 atom stereocenters. The summed E-state index contributed by atoms with van der Waals surface area (Å²) in [5.41, 5.74) is 5.83. The minimum absolute atomic E-state index is 0.201. The van der Waals surface area contributed by atoms with Crippen LogP contribution in [0.4, 0.5) is 0 Å². The number of aliphatic hydroxyl groups excluding tert-OH is 1. The lowest BCUT2D eigenvalue weighted by Gasteiger charge is -2.26. The normalized spacial score (nSPS) is 15.0. The first-order chi connectivity index (χ1) is 14.1. The highest BCUT2D eigenvalue weighted by Crippen LogP contribution is 2.06. The van der Waals surface area contributed by atoms with Crippen molar-refractivity contribution in [2.75, 3.05) is 30.6 Å². The van der Waals surface area contributed by atoms with E-state index in [1.54, 1.807) is 25.6 Å². The Labute approximate surface area is 185 Å². The molecule has 30 heavy (non-hydrogen) atoms. The van der Waals surface area contributed by atoms with Gasteiger partial charge in [-0.1, -0.05) is 13.8 Å². The van der Waals surface area contributed by atoms with Crippen molar-refractivity contribution in [3.63, 3.8) is 0 Å². The minimum atomic E-state index is -1.35. The smallest absolute Gasteiger partial charge is 0.326 e. The van der Waals surface area contributed by atoms with Gasteiger partial charge in [0.1, 0.15) is 18.1 Å². The van der Waals surface area contributed by atoms with E-state index >= 15 is 0 Å². The van der Waals surface area contributed by atoms with Crippen LogP contribution in [-0.2, 0) is 19.2 Å². The zero-order chi connectivity index (χ0) is 23.3. The number of hydrogen-bond donors (Lipinski definition) is 6. The van der Waals surface area contributed by atoms with E-state index in [4.69, 9.17) is 5.73 Å².